The second-order valence-corrected chi connectivity index (χ2v) is 11.2. The van der Waals surface area contributed by atoms with Crippen LogP contribution in [0.15, 0.2) is 40.9 Å². The average Bonchev–Trinajstić information content (AvgIpc) is 3.44. The van der Waals surface area contributed by atoms with Crippen molar-refractivity contribution < 1.29 is 14.3 Å². The molecule has 0 saturated carbocycles. The van der Waals surface area contributed by atoms with Crippen LogP contribution in [0.25, 0.3) is 21.7 Å². The number of aromatic nitrogens is 3. The predicted molar refractivity (Wildman–Crippen MR) is 135 cm³/mol. The maximum Gasteiger partial charge on any atom is 0.268 e. The first-order valence-electron chi connectivity index (χ1n) is 11.2. The van der Waals surface area contributed by atoms with Crippen LogP contribution in [0.2, 0.25) is 0 Å². The van der Waals surface area contributed by atoms with Gasteiger partial charge < -0.3 is 19.4 Å². The molecule has 0 aliphatic carbocycles. The van der Waals surface area contributed by atoms with Gasteiger partial charge in [0.15, 0.2) is 11.7 Å². The number of aryl methyl sites for hydroxylation is 1. The lowest BCUT2D eigenvalue weighted by Crippen LogP contribution is -2.35. The highest BCUT2D eigenvalue weighted by molar-refractivity contribution is 7.17. The Morgan fingerprint density at radius 2 is 1.94 bits per heavy atom. The molecule has 0 radical (unpaired) electrons. The van der Waals surface area contributed by atoms with Gasteiger partial charge in [-0.2, -0.15) is 0 Å². The van der Waals surface area contributed by atoms with Crippen LogP contribution in [0.4, 0.5) is 5.95 Å². The molecule has 0 atom stereocenters. The quantitative estimate of drug-likeness (QED) is 0.344. The summed E-state index contributed by atoms with van der Waals surface area (Å²) in [5.74, 6) is 1.34. The molecule has 0 fully saturated rings. The summed E-state index contributed by atoms with van der Waals surface area (Å²) in [5.41, 5.74) is 1.72. The normalized spacial score (nSPS) is 12.4. The summed E-state index contributed by atoms with van der Waals surface area (Å²) in [7, 11) is 0. The summed E-state index contributed by atoms with van der Waals surface area (Å²) in [4.78, 5) is 23.2. The molecule has 0 unspecified atom stereocenters. The Kier molecular flexibility index (Phi) is 6.37. The monoisotopic (exact) mass is 481 g/mol. The van der Waals surface area contributed by atoms with Gasteiger partial charge in [0.05, 0.1) is 39.1 Å². The molecule has 9 heteroatoms. The Morgan fingerprint density at radius 1 is 1.18 bits per heavy atom. The van der Waals surface area contributed by atoms with Crippen molar-refractivity contribution in [2.45, 2.75) is 65.8 Å². The van der Waals surface area contributed by atoms with Gasteiger partial charge in [0, 0.05) is 19.0 Å². The van der Waals surface area contributed by atoms with Crippen LogP contribution in [-0.2, 0) is 13.1 Å². The summed E-state index contributed by atoms with van der Waals surface area (Å²) in [6, 6.07) is 9.64. The van der Waals surface area contributed by atoms with Crippen LogP contribution < -0.4 is 10.6 Å². The van der Waals surface area contributed by atoms with Crippen LogP contribution in [0.3, 0.4) is 0 Å². The van der Waals surface area contributed by atoms with Gasteiger partial charge in [-0.3, -0.25) is 10.1 Å². The Labute approximate surface area is 203 Å². The highest BCUT2D eigenvalue weighted by Crippen LogP contribution is 2.30. The zero-order valence-corrected chi connectivity index (χ0v) is 21.2. The fraction of sp³-hybridized carbons (Fsp3) is 0.400. The molecule has 0 bridgehead atoms. The lowest BCUT2D eigenvalue weighted by molar-refractivity contribution is 0.0630. The molecule has 180 valence electrons. The molecule has 3 N–H and O–H groups in total. The predicted octanol–water partition coefficient (Wildman–Crippen LogP) is 4.97. The van der Waals surface area contributed by atoms with Gasteiger partial charge in [-0.25, -0.2) is 9.97 Å². The zero-order chi connectivity index (χ0) is 24.7. The fourth-order valence-corrected chi connectivity index (χ4v) is 4.37. The fourth-order valence-electron chi connectivity index (χ4n) is 3.53. The maximum atomic E-state index is 13.1. The largest absolute Gasteiger partial charge is 0.440 e. The first kappa shape index (κ1) is 24.1. The van der Waals surface area contributed by atoms with E-state index >= 15 is 0 Å². The lowest BCUT2D eigenvalue weighted by Gasteiger charge is -2.21. The number of nitrogens with zero attached hydrogens (tertiary/aromatic N) is 3. The summed E-state index contributed by atoms with van der Waals surface area (Å²) in [5, 5.41) is 16.9. The lowest BCUT2D eigenvalue weighted by atomic mass is 10.1. The van der Waals surface area contributed by atoms with Gasteiger partial charge in [-0.1, -0.05) is 6.07 Å². The minimum Gasteiger partial charge on any atom is -0.440 e. The number of amides is 1. The van der Waals surface area contributed by atoms with E-state index in [1.807, 2.05) is 28.8 Å². The Bertz CT molecular complexity index is 1320. The van der Waals surface area contributed by atoms with E-state index in [-0.39, 0.29) is 18.0 Å². The molecule has 1 amide bonds. The van der Waals surface area contributed by atoms with Crippen molar-refractivity contribution in [2.75, 3.05) is 5.32 Å². The summed E-state index contributed by atoms with van der Waals surface area (Å²) in [6.45, 7) is 12.6. The SMILES string of the molecule is Cc1ncc(-c2ccc(C(=O)Nc3nc4cc(CNC(C)(C)C)ccc4n3CC(C)(C)O)s2)o1. The van der Waals surface area contributed by atoms with E-state index in [2.05, 4.69) is 36.4 Å². The van der Waals surface area contributed by atoms with Crippen molar-refractivity contribution in [3.8, 4) is 10.6 Å². The summed E-state index contributed by atoms with van der Waals surface area (Å²) < 4.78 is 7.41. The number of carbonyl (C=O) groups excluding carboxylic acids is 1. The molecule has 0 spiro atoms. The molecule has 8 nitrogen and oxygen atoms in total. The smallest absolute Gasteiger partial charge is 0.268 e. The van der Waals surface area contributed by atoms with Crippen molar-refractivity contribution >= 4 is 34.2 Å². The van der Waals surface area contributed by atoms with Gasteiger partial charge in [-0.15, -0.1) is 11.3 Å². The van der Waals surface area contributed by atoms with Gasteiger partial charge in [0.25, 0.3) is 5.91 Å². The van der Waals surface area contributed by atoms with E-state index < -0.39 is 5.60 Å². The number of rotatable bonds is 7. The molecular weight excluding hydrogens is 450 g/mol. The second-order valence-electron chi connectivity index (χ2n) is 10.1. The summed E-state index contributed by atoms with van der Waals surface area (Å²) in [6.07, 6.45) is 1.65. The van der Waals surface area contributed by atoms with Crippen molar-refractivity contribution in [2.24, 2.45) is 0 Å². The maximum absolute atomic E-state index is 13.1. The van der Waals surface area contributed by atoms with E-state index in [9.17, 15) is 9.90 Å². The number of carbonyl (C=O) groups is 1. The number of oxazole rings is 1. The van der Waals surface area contributed by atoms with Crippen molar-refractivity contribution in [3.05, 3.63) is 52.9 Å². The third-order valence-electron chi connectivity index (χ3n) is 5.10. The number of benzene rings is 1. The summed E-state index contributed by atoms with van der Waals surface area (Å²) >= 11 is 1.32. The van der Waals surface area contributed by atoms with Gasteiger partial charge in [0.2, 0.25) is 5.95 Å². The van der Waals surface area contributed by atoms with Crippen molar-refractivity contribution in [1.29, 1.82) is 0 Å². The van der Waals surface area contributed by atoms with Crippen LogP contribution in [-0.4, -0.2) is 36.7 Å². The van der Waals surface area contributed by atoms with Crippen molar-refractivity contribution in [3.63, 3.8) is 0 Å². The van der Waals surface area contributed by atoms with E-state index in [0.717, 1.165) is 21.5 Å². The van der Waals surface area contributed by atoms with Gasteiger partial charge in [0.1, 0.15) is 0 Å². The first-order chi connectivity index (χ1) is 15.9. The average molecular weight is 482 g/mol. The number of nitrogens with one attached hydrogen (secondary N) is 2. The highest BCUT2D eigenvalue weighted by atomic mass is 32.1. The molecule has 3 aromatic heterocycles. The first-order valence-corrected chi connectivity index (χ1v) is 12.0. The molecule has 0 saturated heterocycles. The minimum atomic E-state index is -0.986. The molecule has 1 aromatic carbocycles. The molecule has 4 aromatic rings. The van der Waals surface area contributed by atoms with E-state index in [1.54, 1.807) is 33.0 Å². The molecule has 3 heterocycles. The van der Waals surface area contributed by atoms with Crippen LogP contribution >= 0.6 is 11.3 Å². The van der Waals surface area contributed by atoms with Gasteiger partial charge in [-0.05, 0) is 64.4 Å². The van der Waals surface area contributed by atoms with E-state index in [0.29, 0.717) is 29.0 Å². The molecule has 0 aliphatic heterocycles. The number of hydrogen-bond acceptors (Lipinski definition) is 7. The van der Waals surface area contributed by atoms with Crippen LogP contribution in [0, 0.1) is 6.92 Å². The third-order valence-corrected chi connectivity index (χ3v) is 6.20. The minimum absolute atomic E-state index is 0.00166. The number of fused-ring (bicyclic) bond motifs is 1. The molecule has 4 rings (SSSR count). The van der Waals surface area contributed by atoms with Crippen LogP contribution in [0.1, 0.15) is 55.7 Å². The number of hydrogen-bond donors (Lipinski definition) is 3. The standard InChI is InChI=1S/C25H31N5O3S/c1-15-26-13-19(33-15)20-9-10-21(34-20)22(31)29-23-28-17-11-16(12-27-24(2,3)4)7-8-18(17)30(23)14-25(5,6)32/h7-11,13,27,32H,12,14H2,1-6H3,(H,28,29,31). The highest BCUT2D eigenvalue weighted by Gasteiger charge is 2.22. The molecular formula is C25H31N5O3S. The Hall–Kier alpha value is -3.01. The van der Waals surface area contributed by atoms with Crippen molar-refractivity contribution in [1.82, 2.24) is 19.9 Å². The number of aliphatic hydroxyl groups is 1. The van der Waals surface area contributed by atoms with Gasteiger partial charge >= 0.3 is 0 Å². The Morgan fingerprint density at radius 3 is 2.59 bits per heavy atom. The topological polar surface area (TPSA) is 105 Å². The molecule has 0 aliphatic rings. The van der Waals surface area contributed by atoms with E-state index in [1.165, 1.54) is 11.3 Å². The number of imidazole rings is 1. The third kappa shape index (κ3) is 5.72. The van der Waals surface area contributed by atoms with Crippen LogP contribution in [0.5, 0.6) is 0 Å². The zero-order valence-electron chi connectivity index (χ0n) is 20.4. The Balaban J connectivity index is 1.62. The van der Waals surface area contributed by atoms with E-state index in [4.69, 9.17) is 9.40 Å². The second kappa shape index (κ2) is 8.98. The number of anilines is 1. The number of thiophene rings is 1. The molecule has 34 heavy (non-hydrogen) atoms.